The summed E-state index contributed by atoms with van der Waals surface area (Å²) in [5.74, 6) is 1.27. The zero-order valence-electron chi connectivity index (χ0n) is 14.6. The molecule has 0 aliphatic carbocycles. The Morgan fingerprint density at radius 2 is 1.76 bits per heavy atom. The third-order valence-electron chi connectivity index (χ3n) is 4.21. The Hall–Kier alpha value is -2.50. The average molecular weight is 336 g/mol. The first kappa shape index (κ1) is 17.3. The van der Waals surface area contributed by atoms with Gasteiger partial charge in [-0.1, -0.05) is 53.7 Å². The highest BCUT2D eigenvalue weighted by Crippen LogP contribution is 2.21. The third-order valence-corrected chi connectivity index (χ3v) is 4.21. The van der Waals surface area contributed by atoms with Gasteiger partial charge in [0.1, 0.15) is 0 Å². The first-order valence-electron chi connectivity index (χ1n) is 8.61. The van der Waals surface area contributed by atoms with Gasteiger partial charge in [-0.25, -0.2) is 0 Å². The minimum absolute atomic E-state index is 0.573. The molecule has 1 heterocycles. The molecule has 25 heavy (non-hydrogen) atoms. The van der Waals surface area contributed by atoms with Crippen LogP contribution in [0.15, 0.2) is 59.1 Å². The van der Waals surface area contributed by atoms with Crippen molar-refractivity contribution in [3.05, 3.63) is 71.5 Å². The summed E-state index contributed by atoms with van der Waals surface area (Å²) < 4.78 is 5.45. The second kappa shape index (κ2) is 8.55. The lowest BCUT2D eigenvalue weighted by Gasteiger charge is -2.19. The van der Waals surface area contributed by atoms with Crippen molar-refractivity contribution >= 4 is 0 Å². The Bertz CT molecular complexity index is 785. The molecule has 2 N–H and O–H groups in total. The highest BCUT2D eigenvalue weighted by atomic mass is 16.5. The van der Waals surface area contributed by atoms with E-state index in [0.29, 0.717) is 24.8 Å². The highest BCUT2D eigenvalue weighted by molar-refractivity contribution is 5.57. The summed E-state index contributed by atoms with van der Waals surface area (Å²) in [6.07, 6.45) is 0.976. The molecule has 130 valence electrons. The van der Waals surface area contributed by atoms with Gasteiger partial charge in [-0.05, 0) is 30.5 Å². The predicted octanol–water partition coefficient (Wildman–Crippen LogP) is 3.05. The summed E-state index contributed by atoms with van der Waals surface area (Å²) in [5.41, 5.74) is 9.19. The van der Waals surface area contributed by atoms with Gasteiger partial charge in [0.25, 0.3) is 5.89 Å². The second-order valence-corrected chi connectivity index (χ2v) is 6.13. The summed E-state index contributed by atoms with van der Waals surface area (Å²) in [6.45, 7) is 5.01. The van der Waals surface area contributed by atoms with Crippen LogP contribution in [0, 0.1) is 6.92 Å². The molecule has 3 aromatic rings. The van der Waals surface area contributed by atoms with Crippen molar-refractivity contribution in [2.24, 2.45) is 5.73 Å². The van der Waals surface area contributed by atoms with Crippen molar-refractivity contribution in [1.82, 2.24) is 15.0 Å². The van der Waals surface area contributed by atoms with E-state index in [0.717, 1.165) is 30.6 Å². The van der Waals surface area contributed by atoms with Crippen LogP contribution in [0.1, 0.15) is 17.0 Å². The molecule has 0 saturated heterocycles. The molecule has 0 aliphatic rings. The topological polar surface area (TPSA) is 68.2 Å². The molecular formula is C20H24N4O. The van der Waals surface area contributed by atoms with E-state index in [1.807, 2.05) is 37.3 Å². The van der Waals surface area contributed by atoms with Crippen molar-refractivity contribution in [3.8, 4) is 11.5 Å². The van der Waals surface area contributed by atoms with Gasteiger partial charge in [0.15, 0.2) is 5.82 Å². The van der Waals surface area contributed by atoms with Crippen LogP contribution < -0.4 is 5.73 Å². The van der Waals surface area contributed by atoms with Gasteiger partial charge in [0.05, 0.1) is 6.54 Å². The molecule has 0 spiro atoms. The summed E-state index contributed by atoms with van der Waals surface area (Å²) >= 11 is 0. The molecular weight excluding hydrogens is 312 g/mol. The molecule has 5 heteroatoms. The molecule has 3 rings (SSSR count). The predicted molar refractivity (Wildman–Crippen MR) is 98.9 cm³/mol. The van der Waals surface area contributed by atoms with Gasteiger partial charge in [-0.2, -0.15) is 4.98 Å². The fourth-order valence-corrected chi connectivity index (χ4v) is 2.82. The molecule has 2 aromatic carbocycles. The van der Waals surface area contributed by atoms with E-state index in [4.69, 9.17) is 10.3 Å². The van der Waals surface area contributed by atoms with Crippen molar-refractivity contribution in [2.45, 2.75) is 19.9 Å². The summed E-state index contributed by atoms with van der Waals surface area (Å²) in [7, 11) is 0. The molecule has 0 aliphatic heterocycles. The number of aromatic nitrogens is 2. The highest BCUT2D eigenvalue weighted by Gasteiger charge is 2.14. The smallest absolute Gasteiger partial charge is 0.258 e. The second-order valence-electron chi connectivity index (χ2n) is 6.13. The van der Waals surface area contributed by atoms with E-state index in [1.165, 1.54) is 5.56 Å². The van der Waals surface area contributed by atoms with Gasteiger partial charge in [-0.15, -0.1) is 0 Å². The maximum Gasteiger partial charge on any atom is 0.258 e. The minimum Gasteiger partial charge on any atom is -0.334 e. The quantitative estimate of drug-likeness (QED) is 0.685. The molecule has 1 aromatic heterocycles. The number of aryl methyl sites for hydroxylation is 1. The van der Waals surface area contributed by atoms with Crippen molar-refractivity contribution < 1.29 is 4.52 Å². The number of benzene rings is 2. The van der Waals surface area contributed by atoms with E-state index in [1.54, 1.807) is 0 Å². The Morgan fingerprint density at radius 3 is 2.52 bits per heavy atom. The minimum atomic E-state index is 0.573. The number of hydrogen-bond donors (Lipinski definition) is 1. The van der Waals surface area contributed by atoms with Gasteiger partial charge < -0.3 is 10.3 Å². The van der Waals surface area contributed by atoms with Crippen molar-refractivity contribution in [1.29, 1.82) is 0 Å². The fourth-order valence-electron chi connectivity index (χ4n) is 2.82. The number of nitrogens with zero attached hydrogens (tertiary/aromatic N) is 3. The number of hydrogen-bond acceptors (Lipinski definition) is 5. The molecule has 0 amide bonds. The Kier molecular flexibility index (Phi) is 5.93. The lowest BCUT2D eigenvalue weighted by atomic mass is 10.1. The summed E-state index contributed by atoms with van der Waals surface area (Å²) in [6, 6.07) is 18.5. The molecule has 0 bridgehead atoms. The number of nitrogens with two attached hydrogens (primary N) is 1. The zero-order valence-corrected chi connectivity index (χ0v) is 14.6. The maximum atomic E-state index is 5.76. The van der Waals surface area contributed by atoms with Gasteiger partial charge in [0.2, 0.25) is 0 Å². The third kappa shape index (κ3) is 4.75. The first-order valence-corrected chi connectivity index (χ1v) is 8.61. The van der Waals surface area contributed by atoms with Crippen LogP contribution in [0.5, 0.6) is 0 Å². The average Bonchev–Trinajstić information content (AvgIpc) is 3.09. The van der Waals surface area contributed by atoms with E-state index in [2.05, 4.69) is 39.3 Å². The van der Waals surface area contributed by atoms with Gasteiger partial charge in [-0.3, -0.25) is 4.90 Å². The van der Waals surface area contributed by atoms with E-state index in [9.17, 15) is 0 Å². The molecule has 0 saturated carbocycles. The van der Waals surface area contributed by atoms with Crippen LogP contribution in [-0.2, 0) is 13.0 Å². The van der Waals surface area contributed by atoms with Crippen LogP contribution >= 0.6 is 0 Å². The van der Waals surface area contributed by atoms with Crippen LogP contribution in [0.3, 0.4) is 0 Å². The van der Waals surface area contributed by atoms with Crippen LogP contribution in [0.2, 0.25) is 0 Å². The SMILES string of the molecule is Cc1ccccc1-c1nc(CN(CCN)CCc2ccccc2)no1. The monoisotopic (exact) mass is 336 g/mol. The molecule has 0 atom stereocenters. The largest absolute Gasteiger partial charge is 0.334 e. The Balaban J connectivity index is 1.65. The van der Waals surface area contributed by atoms with Crippen LogP contribution in [0.4, 0.5) is 0 Å². The molecule has 0 unspecified atom stereocenters. The fraction of sp³-hybridized carbons (Fsp3) is 0.300. The standard InChI is InChI=1S/C20H24N4O/c1-16-7-5-6-10-18(16)20-22-19(23-25-20)15-24(14-12-21)13-11-17-8-3-2-4-9-17/h2-10H,11-15,21H2,1H3. The van der Waals surface area contributed by atoms with E-state index in [-0.39, 0.29) is 0 Å². The van der Waals surface area contributed by atoms with Crippen molar-refractivity contribution in [2.75, 3.05) is 19.6 Å². The van der Waals surface area contributed by atoms with E-state index >= 15 is 0 Å². The summed E-state index contributed by atoms with van der Waals surface area (Å²) in [4.78, 5) is 6.82. The van der Waals surface area contributed by atoms with Crippen LogP contribution in [-0.4, -0.2) is 34.7 Å². The summed E-state index contributed by atoms with van der Waals surface area (Å²) in [5, 5.41) is 4.14. The van der Waals surface area contributed by atoms with Gasteiger partial charge in [0, 0.05) is 25.2 Å². The molecule has 0 radical (unpaired) electrons. The Morgan fingerprint density at radius 1 is 1.00 bits per heavy atom. The van der Waals surface area contributed by atoms with Crippen LogP contribution in [0.25, 0.3) is 11.5 Å². The first-order chi connectivity index (χ1) is 12.3. The molecule has 0 fully saturated rings. The van der Waals surface area contributed by atoms with E-state index < -0.39 is 0 Å². The van der Waals surface area contributed by atoms with Crippen molar-refractivity contribution in [3.63, 3.8) is 0 Å². The lowest BCUT2D eigenvalue weighted by Crippen LogP contribution is -2.31. The normalized spacial score (nSPS) is 11.2. The maximum absolute atomic E-state index is 5.76. The van der Waals surface area contributed by atoms with Gasteiger partial charge >= 0.3 is 0 Å². The lowest BCUT2D eigenvalue weighted by molar-refractivity contribution is 0.264. The molecule has 5 nitrogen and oxygen atoms in total. The Labute approximate surface area is 148 Å². The number of rotatable bonds is 8. The zero-order chi connectivity index (χ0) is 17.5.